The molecule has 0 aliphatic carbocycles. The average molecular weight is 534 g/mol. The Labute approximate surface area is 205 Å². The van der Waals surface area contributed by atoms with E-state index in [-0.39, 0.29) is 26.3 Å². The van der Waals surface area contributed by atoms with Crippen molar-refractivity contribution in [3.05, 3.63) is 92.8 Å². The van der Waals surface area contributed by atoms with E-state index in [0.29, 0.717) is 17.2 Å². The Bertz CT molecular complexity index is 1190. The number of anilines is 4. The summed E-state index contributed by atoms with van der Waals surface area (Å²) in [6, 6.07) is 10.1. The Balaban J connectivity index is 0.000000286. The number of benzene rings is 2. The maximum atomic E-state index is 13.2. The molecule has 2 N–H and O–H groups in total. The van der Waals surface area contributed by atoms with Crippen LogP contribution in [0.15, 0.2) is 55.0 Å². The molecule has 0 atom stereocenters. The van der Waals surface area contributed by atoms with Gasteiger partial charge in [0.15, 0.2) is 16.1 Å². The van der Waals surface area contributed by atoms with Crippen LogP contribution >= 0.6 is 46.4 Å². The number of nitrogens with zero attached hydrogens (tertiary/aromatic N) is 4. The molecule has 33 heavy (non-hydrogen) atoms. The standard InChI is InChI=1S/C16H10Cl2F2N4.C4HCl2FN2/c17-11-7-9(1-3-13(11)19)22-15-5-6-21-16(24-15)23-10-2-4-14(20)12(18)8-10;5-3-2(7)4(6)9-1-8-3/h1-8H,(H2,21,22,23,24);1H. The highest BCUT2D eigenvalue weighted by atomic mass is 35.5. The fourth-order valence-corrected chi connectivity index (χ4v) is 2.92. The van der Waals surface area contributed by atoms with E-state index in [9.17, 15) is 13.2 Å². The summed E-state index contributed by atoms with van der Waals surface area (Å²) in [4.78, 5) is 15.0. The Kier molecular flexibility index (Phi) is 8.51. The largest absolute Gasteiger partial charge is 0.340 e. The van der Waals surface area contributed by atoms with Gasteiger partial charge in [0.25, 0.3) is 0 Å². The summed E-state index contributed by atoms with van der Waals surface area (Å²) in [7, 11) is 0. The van der Waals surface area contributed by atoms with Crippen LogP contribution in [-0.2, 0) is 0 Å². The molecule has 0 bridgehead atoms. The molecule has 0 fully saturated rings. The minimum absolute atomic E-state index is 0.00441. The van der Waals surface area contributed by atoms with E-state index >= 15 is 0 Å². The third-order valence-corrected chi connectivity index (χ3v) is 4.83. The predicted molar refractivity (Wildman–Crippen MR) is 123 cm³/mol. The molecule has 4 aromatic rings. The topological polar surface area (TPSA) is 75.6 Å². The first-order valence-corrected chi connectivity index (χ1v) is 10.3. The van der Waals surface area contributed by atoms with E-state index in [1.165, 1.54) is 42.6 Å². The normalized spacial score (nSPS) is 10.3. The number of halogens is 7. The Morgan fingerprint density at radius 2 is 1.21 bits per heavy atom. The van der Waals surface area contributed by atoms with E-state index < -0.39 is 17.5 Å². The Hall–Kier alpha value is -2.85. The molecular formula is C20H11Cl4F3N6. The lowest BCUT2D eigenvalue weighted by atomic mass is 10.3. The summed E-state index contributed by atoms with van der Waals surface area (Å²) < 4.78 is 38.7. The highest BCUT2D eigenvalue weighted by molar-refractivity contribution is 6.33. The van der Waals surface area contributed by atoms with Gasteiger partial charge in [0.2, 0.25) is 5.95 Å². The van der Waals surface area contributed by atoms with Crippen molar-refractivity contribution in [2.24, 2.45) is 0 Å². The molecule has 4 rings (SSSR count). The van der Waals surface area contributed by atoms with Gasteiger partial charge < -0.3 is 10.6 Å². The zero-order chi connectivity index (χ0) is 24.0. The fraction of sp³-hybridized carbons (Fsp3) is 0. The first-order chi connectivity index (χ1) is 15.7. The van der Waals surface area contributed by atoms with Crippen LogP contribution in [0, 0.1) is 17.5 Å². The van der Waals surface area contributed by atoms with Gasteiger partial charge in [0, 0.05) is 17.6 Å². The molecule has 0 spiro atoms. The molecule has 170 valence electrons. The van der Waals surface area contributed by atoms with Crippen molar-refractivity contribution in [2.75, 3.05) is 10.6 Å². The minimum Gasteiger partial charge on any atom is -0.340 e. The molecule has 2 aromatic carbocycles. The van der Waals surface area contributed by atoms with Crippen molar-refractivity contribution < 1.29 is 13.2 Å². The smallest absolute Gasteiger partial charge is 0.229 e. The van der Waals surface area contributed by atoms with Crippen LogP contribution in [0.1, 0.15) is 0 Å². The van der Waals surface area contributed by atoms with E-state index in [0.717, 1.165) is 6.33 Å². The molecular weight excluding hydrogens is 523 g/mol. The molecule has 0 amide bonds. The third kappa shape index (κ3) is 7.06. The van der Waals surface area contributed by atoms with Crippen molar-refractivity contribution in [1.29, 1.82) is 0 Å². The molecule has 2 heterocycles. The molecule has 0 radical (unpaired) electrons. The van der Waals surface area contributed by atoms with Crippen molar-refractivity contribution in [2.45, 2.75) is 0 Å². The van der Waals surface area contributed by atoms with Gasteiger partial charge in [-0.3, -0.25) is 0 Å². The van der Waals surface area contributed by atoms with Gasteiger partial charge in [-0.05, 0) is 42.5 Å². The van der Waals surface area contributed by atoms with E-state index in [1.54, 1.807) is 6.07 Å². The molecule has 0 saturated carbocycles. The second-order valence-corrected chi connectivity index (χ2v) is 7.57. The molecule has 13 heteroatoms. The first-order valence-electron chi connectivity index (χ1n) is 8.81. The molecule has 0 aliphatic rings. The van der Waals surface area contributed by atoms with Crippen LogP contribution in [0.5, 0.6) is 0 Å². The Morgan fingerprint density at radius 3 is 1.73 bits per heavy atom. The molecule has 0 aliphatic heterocycles. The van der Waals surface area contributed by atoms with Crippen molar-refractivity contribution >= 4 is 69.5 Å². The average Bonchev–Trinajstić information content (AvgIpc) is 2.78. The summed E-state index contributed by atoms with van der Waals surface area (Å²) in [6.07, 6.45) is 2.63. The van der Waals surface area contributed by atoms with Crippen LogP contribution in [-0.4, -0.2) is 19.9 Å². The lowest BCUT2D eigenvalue weighted by molar-refractivity contribution is 0.614. The molecule has 0 unspecified atom stereocenters. The molecule has 2 aromatic heterocycles. The van der Waals surface area contributed by atoms with Crippen LogP contribution in [0.3, 0.4) is 0 Å². The first kappa shape index (κ1) is 24.8. The highest BCUT2D eigenvalue weighted by Crippen LogP contribution is 2.24. The van der Waals surface area contributed by atoms with E-state index in [1.807, 2.05) is 0 Å². The summed E-state index contributed by atoms with van der Waals surface area (Å²) in [5.41, 5.74) is 1.12. The minimum atomic E-state index is -0.777. The predicted octanol–water partition coefficient (Wildman–Crippen LogP) is 7.47. The molecule has 0 saturated heterocycles. The summed E-state index contributed by atoms with van der Waals surface area (Å²) in [6.45, 7) is 0. The maximum Gasteiger partial charge on any atom is 0.229 e. The lowest BCUT2D eigenvalue weighted by Gasteiger charge is -2.09. The van der Waals surface area contributed by atoms with Gasteiger partial charge in [0.1, 0.15) is 23.8 Å². The second-order valence-electron chi connectivity index (χ2n) is 6.04. The number of rotatable bonds is 4. The zero-order valence-electron chi connectivity index (χ0n) is 16.1. The van der Waals surface area contributed by atoms with Crippen LogP contribution in [0.4, 0.5) is 36.3 Å². The summed E-state index contributed by atoms with van der Waals surface area (Å²) in [5.74, 6) is -1.02. The number of aromatic nitrogens is 4. The van der Waals surface area contributed by atoms with Crippen LogP contribution in [0.25, 0.3) is 0 Å². The van der Waals surface area contributed by atoms with Crippen LogP contribution < -0.4 is 10.6 Å². The second kappa shape index (κ2) is 11.3. The van der Waals surface area contributed by atoms with E-state index in [2.05, 4.69) is 30.6 Å². The van der Waals surface area contributed by atoms with Gasteiger partial charge in [-0.1, -0.05) is 46.4 Å². The summed E-state index contributed by atoms with van der Waals surface area (Å²) in [5, 5.41) is 5.40. The number of hydrogen-bond acceptors (Lipinski definition) is 6. The zero-order valence-corrected chi connectivity index (χ0v) is 19.2. The Morgan fingerprint density at radius 1 is 0.667 bits per heavy atom. The van der Waals surface area contributed by atoms with Gasteiger partial charge in [0.05, 0.1) is 10.0 Å². The maximum absolute atomic E-state index is 13.2. The fourth-order valence-electron chi connectivity index (χ4n) is 2.24. The van der Waals surface area contributed by atoms with Gasteiger partial charge in [-0.2, -0.15) is 4.98 Å². The summed E-state index contributed by atoms with van der Waals surface area (Å²) >= 11 is 21.9. The quantitative estimate of drug-likeness (QED) is 0.265. The number of nitrogens with one attached hydrogen (secondary N) is 2. The van der Waals surface area contributed by atoms with Gasteiger partial charge in [-0.25, -0.2) is 28.1 Å². The van der Waals surface area contributed by atoms with Gasteiger partial charge in [-0.15, -0.1) is 0 Å². The van der Waals surface area contributed by atoms with Crippen molar-refractivity contribution in [3.63, 3.8) is 0 Å². The van der Waals surface area contributed by atoms with E-state index in [4.69, 9.17) is 46.4 Å². The van der Waals surface area contributed by atoms with Crippen LogP contribution in [0.2, 0.25) is 20.4 Å². The van der Waals surface area contributed by atoms with Gasteiger partial charge >= 0.3 is 0 Å². The monoisotopic (exact) mass is 532 g/mol. The SMILES string of the molecule is Fc1c(Cl)ncnc1Cl.Fc1ccc(Nc2ccnc(Nc3ccc(F)c(Cl)c3)n2)cc1Cl. The highest BCUT2D eigenvalue weighted by Gasteiger charge is 2.06. The van der Waals surface area contributed by atoms with Crippen molar-refractivity contribution in [1.82, 2.24) is 19.9 Å². The number of hydrogen-bond donors (Lipinski definition) is 2. The third-order valence-electron chi connectivity index (χ3n) is 3.73. The molecule has 6 nitrogen and oxygen atoms in total. The lowest BCUT2D eigenvalue weighted by Crippen LogP contribution is -2.00. The van der Waals surface area contributed by atoms with Crippen molar-refractivity contribution in [3.8, 4) is 0 Å².